The Morgan fingerprint density at radius 1 is 1.11 bits per heavy atom. The number of hydrogen-bond acceptors (Lipinski definition) is 2. The van der Waals surface area contributed by atoms with Crippen LogP contribution in [-0.4, -0.2) is 13.7 Å². The molecule has 0 spiro atoms. The van der Waals surface area contributed by atoms with Crippen molar-refractivity contribution in [1.29, 1.82) is 0 Å². The van der Waals surface area contributed by atoms with Gasteiger partial charge in [0.25, 0.3) is 0 Å². The summed E-state index contributed by atoms with van der Waals surface area (Å²) in [5, 5.41) is 0. The van der Waals surface area contributed by atoms with Gasteiger partial charge in [0.1, 0.15) is 5.75 Å². The van der Waals surface area contributed by atoms with Gasteiger partial charge in [-0.15, -0.1) is 0 Å². The number of hydrogen-bond donors (Lipinski definition) is 1. The largest absolute Gasteiger partial charge is 0.497 e. The van der Waals surface area contributed by atoms with Crippen molar-refractivity contribution in [3.8, 4) is 5.75 Å². The lowest BCUT2D eigenvalue weighted by Crippen LogP contribution is -2.15. The molecule has 0 aliphatic carbocycles. The molecule has 2 aromatic carbocycles. The molecule has 0 aliphatic heterocycles. The maximum absolute atomic E-state index is 5.93. The topological polar surface area (TPSA) is 35.2 Å². The van der Waals surface area contributed by atoms with E-state index in [-0.39, 0.29) is 0 Å². The van der Waals surface area contributed by atoms with Crippen LogP contribution in [-0.2, 0) is 6.42 Å². The normalized spacial score (nSPS) is 12.2. The second-order valence-electron chi connectivity index (χ2n) is 4.84. The van der Waals surface area contributed by atoms with Crippen molar-refractivity contribution in [3.05, 3.63) is 65.2 Å². The Morgan fingerprint density at radius 2 is 1.84 bits per heavy atom. The predicted molar refractivity (Wildman–Crippen MR) is 79.7 cm³/mol. The molecule has 0 fully saturated rings. The summed E-state index contributed by atoms with van der Waals surface area (Å²) in [4.78, 5) is 0. The molecule has 0 aliphatic rings. The molecule has 2 nitrogen and oxygen atoms in total. The Hall–Kier alpha value is -1.80. The van der Waals surface area contributed by atoms with E-state index < -0.39 is 0 Å². The van der Waals surface area contributed by atoms with E-state index in [1.165, 1.54) is 16.7 Å². The molecule has 1 atom stereocenters. The summed E-state index contributed by atoms with van der Waals surface area (Å²) >= 11 is 0. The van der Waals surface area contributed by atoms with Crippen LogP contribution < -0.4 is 10.5 Å². The van der Waals surface area contributed by atoms with Crippen LogP contribution in [0.15, 0.2) is 48.5 Å². The van der Waals surface area contributed by atoms with Crippen LogP contribution >= 0.6 is 0 Å². The van der Waals surface area contributed by atoms with Gasteiger partial charge in [0.2, 0.25) is 0 Å². The smallest absolute Gasteiger partial charge is 0.119 e. The average Bonchev–Trinajstić information content (AvgIpc) is 2.47. The summed E-state index contributed by atoms with van der Waals surface area (Å²) in [6, 6.07) is 16.7. The highest BCUT2D eigenvalue weighted by Crippen LogP contribution is 2.24. The van der Waals surface area contributed by atoms with Crippen molar-refractivity contribution in [2.45, 2.75) is 19.3 Å². The molecule has 2 heteroatoms. The number of nitrogens with two attached hydrogens (primary N) is 1. The molecular weight excluding hydrogens is 234 g/mol. The first-order valence-electron chi connectivity index (χ1n) is 6.63. The zero-order chi connectivity index (χ0) is 13.7. The lowest BCUT2D eigenvalue weighted by molar-refractivity contribution is 0.414. The van der Waals surface area contributed by atoms with Gasteiger partial charge >= 0.3 is 0 Å². The lowest BCUT2D eigenvalue weighted by Gasteiger charge is -2.17. The first-order valence-corrected chi connectivity index (χ1v) is 6.63. The minimum absolute atomic E-state index is 0.369. The molecule has 0 aromatic heterocycles. The highest BCUT2D eigenvalue weighted by atomic mass is 16.5. The Labute approximate surface area is 115 Å². The molecule has 2 N–H and O–H groups in total. The van der Waals surface area contributed by atoms with Crippen LogP contribution in [0, 0.1) is 6.92 Å². The summed E-state index contributed by atoms with van der Waals surface area (Å²) in [6.45, 7) is 2.78. The molecule has 0 saturated heterocycles. The van der Waals surface area contributed by atoms with E-state index in [9.17, 15) is 0 Å². The first-order chi connectivity index (χ1) is 9.24. The van der Waals surface area contributed by atoms with Crippen LogP contribution in [0.25, 0.3) is 0 Å². The molecule has 0 saturated carbocycles. The Bertz CT molecular complexity index is 522. The van der Waals surface area contributed by atoms with Crippen LogP contribution in [0.3, 0.4) is 0 Å². The number of benzene rings is 2. The third kappa shape index (κ3) is 3.36. The maximum Gasteiger partial charge on any atom is 0.119 e. The van der Waals surface area contributed by atoms with E-state index in [0.29, 0.717) is 12.5 Å². The van der Waals surface area contributed by atoms with Crippen LogP contribution in [0.4, 0.5) is 0 Å². The standard InChI is InChI=1S/C17H21NO/c1-13-10-17(19-2)9-8-15(13)11-16(12-18)14-6-4-3-5-7-14/h3-10,16H,11-12,18H2,1-2H3. The van der Waals surface area contributed by atoms with Crippen molar-refractivity contribution < 1.29 is 4.74 Å². The van der Waals surface area contributed by atoms with Gasteiger partial charge in [-0.25, -0.2) is 0 Å². The Balaban J connectivity index is 2.19. The fourth-order valence-corrected chi connectivity index (χ4v) is 2.35. The number of rotatable bonds is 5. The number of methoxy groups -OCH3 is 1. The second-order valence-corrected chi connectivity index (χ2v) is 4.84. The summed E-state index contributed by atoms with van der Waals surface area (Å²) in [6.07, 6.45) is 0.969. The zero-order valence-electron chi connectivity index (χ0n) is 11.6. The van der Waals surface area contributed by atoms with Crippen LogP contribution in [0.2, 0.25) is 0 Å². The van der Waals surface area contributed by atoms with E-state index >= 15 is 0 Å². The first kappa shape index (κ1) is 13.6. The lowest BCUT2D eigenvalue weighted by atomic mass is 9.90. The summed E-state index contributed by atoms with van der Waals surface area (Å²) in [5.74, 6) is 1.28. The van der Waals surface area contributed by atoms with Crippen molar-refractivity contribution in [1.82, 2.24) is 0 Å². The van der Waals surface area contributed by atoms with Crippen molar-refractivity contribution in [2.75, 3.05) is 13.7 Å². The quantitative estimate of drug-likeness (QED) is 0.889. The van der Waals surface area contributed by atoms with Gasteiger partial charge in [0.15, 0.2) is 0 Å². The molecule has 0 bridgehead atoms. The number of aryl methyl sites for hydroxylation is 1. The summed E-state index contributed by atoms with van der Waals surface area (Å²) in [5.41, 5.74) is 9.83. The van der Waals surface area contributed by atoms with E-state index in [1.54, 1.807) is 7.11 Å². The van der Waals surface area contributed by atoms with Gasteiger partial charge in [-0.3, -0.25) is 0 Å². The third-order valence-electron chi connectivity index (χ3n) is 3.57. The van der Waals surface area contributed by atoms with Gasteiger partial charge in [-0.1, -0.05) is 36.4 Å². The van der Waals surface area contributed by atoms with Crippen LogP contribution in [0.1, 0.15) is 22.6 Å². The van der Waals surface area contributed by atoms with E-state index in [2.05, 4.69) is 43.3 Å². The van der Waals surface area contributed by atoms with Gasteiger partial charge in [-0.05, 0) is 48.7 Å². The molecule has 0 heterocycles. The van der Waals surface area contributed by atoms with Crippen molar-refractivity contribution in [3.63, 3.8) is 0 Å². The second kappa shape index (κ2) is 6.39. The molecule has 0 radical (unpaired) electrons. The Kier molecular flexibility index (Phi) is 4.58. The predicted octanol–water partition coefficient (Wildman–Crippen LogP) is 3.29. The molecule has 2 aromatic rings. The summed E-state index contributed by atoms with van der Waals surface area (Å²) in [7, 11) is 1.70. The number of ether oxygens (including phenoxy) is 1. The Morgan fingerprint density at radius 3 is 2.42 bits per heavy atom. The van der Waals surface area contributed by atoms with E-state index in [4.69, 9.17) is 10.5 Å². The van der Waals surface area contributed by atoms with Gasteiger partial charge in [-0.2, -0.15) is 0 Å². The molecular formula is C17H21NO. The van der Waals surface area contributed by atoms with Crippen molar-refractivity contribution >= 4 is 0 Å². The molecule has 1 unspecified atom stereocenters. The molecule has 100 valence electrons. The molecule has 19 heavy (non-hydrogen) atoms. The average molecular weight is 255 g/mol. The highest BCUT2D eigenvalue weighted by Gasteiger charge is 2.12. The SMILES string of the molecule is COc1ccc(CC(CN)c2ccccc2)c(C)c1. The highest BCUT2D eigenvalue weighted by molar-refractivity contribution is 5.36. The van der Waals surface area contributed by atoms with E-state index in [0.717, 1.165) is 12.2 Å². The zero-order valence-corrected chi connectivity index (χ0v) is 11.6. The van der Waals surface area contributed by atoms with E-state index in [1.807, 2.05) is 12.1 Å². The molecule has 0 amide bonds. The van der Waals surface area contributed by atoms with Crippen molar-refractivity contribution in [2.24, 2.45) is 5.73 Å². The summed E-state index contributed by atoms with van der Waals surface area (Å²) < 4.78 is 5.24. The maximum atomic E-state index is 5.93. The fourth-order valence-electron chi connectivity index (χ4n) is 2.35. The molecule has 2 rings (SSSR count). The third-order valence-corrected chi connectivity index (χ3v) is 3.57. The minimum Gasteiger partial charge on any atom is -0.497 e. The van der Waals surface area contributed by atoms with Crippen LogP contribution in [0.5, 0.6) is 5.75 Å². The van der Waals surface area contributed by atoms with Gasteiger partial charge in [0, 0.05) is 5.92 Å². The van der Waals surface area contributed by atoms with Gasteiger partial charge in [0.05, 0.1) is 7.11 Å². The monoisotopic (exact) mass is 255 g/mol. The van der Waals surface area contributed by atoms with Gasteiger partial charge < -0.3 is 10.5 Å². The fraction of sp³-hybridized carbons (Fsp3) is 0.294. The minimum atomic E-state index is 0.369.